The van der Waals surface area contributed by atoms with Crippen molar-refractivity contribution in [1.82, 2.24) is 19.7 Å². The number of carboxylic acid groups (broad SMARTS) is 1. The molecule has 1 N–H and O–H groups in total. The summed E-state index contributed by atoms with van der Waals surface area (Å²) in [5.74, 6) is -2.24. The first-order valence-electron chi connectivity index (χ1n) is 13.7. The van der Waals surface area contributed by atoms with E-state index in [0.717, 1.165) is 22.5 Å². The number of aromatic nitrogens is 3. The molecule has 1 atom stereocenters. The van der Waals surface area contributed by atoms with Gasteiger partial charge in [-0.25, -0.2) is 9.18 Å². The van der Waals surface area contributed by atoms with Crippen LogP contribution in [-0.4, -0.2) is 49.2 Å². The van der Waals surface area contributed by atoms with Gasteiger partial charge in [0.05, 0.1) is 12.1 Å². The summed E-state index contributed by atoms with van der Waals surface area (Å²) >= 11 is 1.16. The number of pyridine rings is 1. The molecule has 1 amide bonds. The summed E-state index contributed by atoms with van der Waals surface area (Å²) in [6, 6.07) is 14.8. The molecule has 0 bridgehead atoms. The molecule has 0 fully saturated rings. The summed E-state index contributed by atoms with van der Waals surface area (Å²) in [7, 11) is 0. The summed E-state index contributed by atoms with van der Waals surface area (Å²) in [6.07, 6.45) is 1.75. The van der Waals surface area contributed by atoms with E-state index in [0.29, 0.717) is 11.4 Å². The third-order valence-electron chi connectivity index (χ3n) is 6.91. The van der Waals surface area contributed by atoms with E-state index >= 15 is 0 Å². The van der Waals surface area contributed by atoms with E-state index in [2.05, 4.69) is 10.2 Å². The number of hydrogen-bond donors (Lipinski definition) is 1. The lowest BCUT2D eigenvalue weighted by molar-refractivity contribution is -0.148. The number of amides is 1. The molecule has 4 aromatic rings. The van der Waals surface area contributed by atoms with Crippen molar-refractivity contribution >= 4 is 23.2 Å². The van der Waals surface area contributed by atoms with Crippen LogP contribution in [0.2, 0.25) is 0 Å². The molecule has 0 spiro atoms. The molecular weight excluding hydrogens is 559 g/mol. The third-order valence-corrected chi connectivity index (χ3v) is 7.87. The molecule has 9 nitrogen and oxygen atoms in total. The molecule has 1 aliphatic heterocycles. The van der Waals surface area contributed by atoms with Crippen LogP contribution in [0, 0.1) is 5.82 Å². The number of carbonyl (C=O) groups excluding carboxylic acids is 1. The number of rotatable bonds is 8. The van der Waals surface area contributed by atoms with Gasteiger partial charge in [-0.2, -0.15) is 0 Å². The predicted molar refractivity (Wildman–Crippen MR) is 158 cm³/mol. The Hall–Kier alpha value is -4.38. The smallest absolute Gasteiger partial charge is 0.331 e. The molecular formula is C31H33FN4O5S. The average Bonchev–Trinajstić information content (AvgIpc) is 3.44. The highest BCUT2D eigenvalue weighted by Gasteiger charge is 2.47. The Bertz CT molecular complexity index is 1640. The van der Waals surface area contributed by atoms with E-state index in [9.17, 15) is 23.9 Å². The quantitative estimate of drug-likeness (QED) is 0.293. The van der Waals surface area contributed by atoms with Gasteiger partial charge in [-0.3, -0.25) is 9.59 Å². The van der Waals surface area contributed by atoms with Gasteiger partial charge in [-0.1, -0.05) is 67.6 Å². The largest absolute Gasteiger partial charge is 0.483 e. The fraction of sp³-hybridized carbons (Fsp3) is 0.323. The Morgan fingerprint density at radius 2 is 1.74 bits per heavy atom. The summed E-state index contributed by atoms with van der Waals surface area (Å²) in [5.41, 5.74) is -0.621. The normalized spacial score (nSPS) is 16.1. The molecule has 2 aromatic heterocycles. The summed E-state index contributed by atoms with van der Waals surface area (Å²) in [6.45, 7) is 8.98. The van der Waals surface area contributed by atoms with Gasteiger partial charge >= 0.3 is 5.97 Å². The second-order valence-corrected chi connectivity index (χ2v) is 11.2. The van der Waals surface area contributed by atoms with Gasteiger partial charge in [-0.15, -0.1) is 10.2 Å². The van der Waals surface area contributed by atoms with Crippen molar-refractivity contribution in [3.05, 3.63) is 98.7 Å². The highest BCUT2D eigenvalue weighted by atomic mass is 32.1. The van der Waals surface area contributed by atoms with Gasteiger partial charge < -0.3 is 19.3 Å². The third kappa shape index (κ3) is 5.96. The second-order valence-electron chi connectivity index (χ2n) is 10.1. The Kier molecular flexibility index (Phi) is 9.20. The number of carboxylic acids is 1. The number of fused-ring (bicyclic) bond motifs is 1. The molecule has 1 aliphatic rings. The first-order chi connectivity index (χ1) is 20.1. The zero-order valence-corrected chi connectivity index (χ0v) is 24.9. The molecule has 0 aliphatic carbocycles. The lowest BCUT2D eigenvalue weighted by atomic mass is 9.94. The number of benzene rings is 2. The van der Waals surface area contributed by atoms with Crippen LogP contribution in [0.5, 0.6) is 5.75 Å². The van der Waals surface area contributed by atoms with Gasteiger partial charge in [0.25, 0.3) is 5.91 Å². The number of nitrogens with zero attached hydrogens (tertiary/aromatic N) is 4. The van der Waals surface area contributed by atoms with Crippen LogP contribution in [-0.2, 0) is 23.4 Å². The van der Waals surface area contributed by atoms with Crippen LogP contribution < -0.4 is 10.2 Å². The highest BCUT2D eigenvalue weighted by molar-refractivity contribution is 7.14. The van der Waals surface area contributed by atoms with Crippen LogP contribution in [0.1, 0.15) is 61.2 Å². The van der Waals surface area contributed by atoms with Crippen LogP contribution in [0.15, 0.2) is 65.6 Å². The van der Waals surface area contributed by atoms with Crippen molar-refractivity contribution in [1.29, 1.82) is 0 Å². The van der Waals surface area contributed by atoms with Gasteiger partial charge in [-0.05, 0) is 44.0 Å². The summed E-state index contributed by atoms with van der Waals surface area (Å²) in [4.78, 5) is 41.7. The molecule has 42 heavy (non-hydrogen) atoms. The van der Waals surface area contributed by atoms with E-state index in [1.54, 1.807) is 26.0 Å². The Balaban J connectivity index is 0.00000198. The maximum atomic E-state index is 13.9. The summed E-state index contributed by atoms with van der Waals surface area (Å²) in [5, 5.41) is 19.6. The first-order valence-corrected chi connectivity index (χ1v) is 14.5. The van der Waals surface area contributed by atoms with Gasteiger partial charge in [0.15, 0.2) is 22.0 Å². The zero-order chi connectivity index (χ0) is 30.6. The molecule has 11 heteroatoms. The monoisotopic (exact) mass is 592 g/mol. The molecule has 220 valence electrons. The van der Waals surface area contributed by atoms with E-state index in [-0.39, 0.29) is 47.0 Å². The number of aliphatic carboxylic acids is 1. The lowest BCUT2D eigenvalue weighted by Gasteiger charge is -2.43. The minimum atomic E-state index is -1.58. The van der Waals surface area contributed by atoms with Crippen LogP contribution in [0.3, 0.4) is 0 Å². The fourth-order valence-electron chi connectivity index (χ4n) is 4.61. The molecule has 0 saturated heterocycles. The SMILES string of the molecule is CC.CC(C)N1C[C@](C)(C(=O)O)n2cc(-c3nnc(Cc4ccc(F)cc4)s3)c(=O)c(OCc3ccccc3)c2C1=O. The van der Waals surface area contributed by atoms with Crippen molar-refractivity contribution in [3.8, 4) is 16.3 Å². The molecule has 0 radical (unpaired) electrons. The molecule has 5 rings (SSSR count). The predicted octanol–water partition coefficient (Wildman–Crippen LogP) is 5.37. The van der Waals surface area contributed by atoms with E-state index < -0.39 is 22.8 Å². The average molecular weight is 593 g/mol. The molecule has 0 saturated carbocycles. The second kappa shape index (κ2) is 12.6. The van der Waals surface area contributed by atoms with Crippen molar-refractivity contribution in [2.75, 3.05) is 6.54 Å². The zero-order valence-electron chi connectivity index (χ0n) is 24.1. The summed E-state index contributed by atoms with van der Waals surface area (Å²) < 4.78 is 20.7. The van der Waals surface area contributed by atoms with Gasteiger partial charge in [0, 0.05) is 18.7 Å². The van der Waals surface area contributed by atoms with Crippen LogP contribution in [0.25, 0.3) is 10.6 Å². The minimum absolute atomic E-state index is 0.00276. The molecule has 0 unspecified atom stereocenters. The van der Waals surface area contributed by atoms with Crippen LogP contribution >= 0.6 is 11.3 Å². The standard InChI is InChI=1S/C29H27FN4O5S.C2H6/c1-17(2)33-16-29(3,28(37)38)34-14-21(26-32-31-22(40-26)13-18-9-11-20(30)12-10-18)24(35)25(23(34)27(33)36)39-15-19-7-5-4-6-8-19;1-2/h4-12,14,17H,13,15-16H2,1-3H3,(H,37,38);1-2H3/t29-;/m1./s1. The Labute approximate surface area is 247 Å². The maximum absolute atomic E-state index is 13.9. The number of halogens is 1. The van der Waals surface area contributed by atoms with Crippen molar-refractivity contribution in [3.63, 3.8) is 0 Å². The fourth-order valence-corrected chi connectivity index (χ4v) is 5.49. The molecule has 3 heterocycles. The number of carbonyl (C=O) groups is 2. The van der Waals surface area contributed by atoms with Gasteiger partial charge in [0.1, 0.15) is 17.4 Å². The number of ether oxygens (including phenoxy) is 1. The van der Waals surface area contributed by atoms with E-state index in [4.69, 9.17) is 4.74 Å². The number of hydrogen-bond acceptors (Lipinski definition) is 7. The Morgan fingerprint density at radius 1 is 1.07 bits per heavy atom. The van der Waals surface area contributed by atoms with Gasteiger partial charge in [0.2, 0.25) is 5.43 Å². The molecule has 2 aromatic carbocycles. The van der Waals surface area contributed by atoms with Crippen LogP contribution in [0.4, 0.5) is 4.39 Å². The van der Waals surface area contributed by atoms with E-state index in [1.165, 1.54) is 34.7 Å². The Morgan fingerprint density at radius 3 is 2.36 bits per heavy atom. The van der Waals surface area contributed by atoms with Crippen molar-refractivity contribution < 1.29 is 23.8 Å². The topological polar surface area (TPSA) is 115 Å². The minimum Gasteiger partial charge on any atom is -0.483 e. The van der Waals surface area contributed by atoms with E-state index in [1.807, 2.05) is 44.2 Å². The van der Waals surface area contributed by atoms with Crippen molar-refractivity contribution in [2.24, 2.45) is 0 Å². The highest BCUT2D eigenvalue weighted by Crippen LogP contribution is 2.35. The lowest BCUT2D eigenvalue weighted by Crippen LogP contribution is -2.58. The van der Waals surface area contributed by atoms with Crippen molar-refractivity contribution in [2.45, 2.75) is 59.2 Å². The maximum Gasteiger partial charge on any atom is 0.331 e. The first kappa shape index (κ1) is 30.6.